The van der Waals surface area contributed by atoms with Crippen molar-refractivity contribution in [2.45, 2.75) is 44.3 Å². The van der Waals surface area contributed by atoms with Crippen molar-refractivity contribution in [3.05, 3.63) is 34.3 Å². The first-order chi connectivity index (χ1) is 11.5. The summed E-state index contributed by atoms with van der Waals surface area (Å²) in [5.74, 6) is -0.347. The number of carbonyl (C=O) groups excluding carboxylic acids is 3. The number of benzene rings is 1. The third kappa shape index (κ3) is 3.31. The van der Waals surface area contributed by atoms with E-state index in [1.807, 2.05) is 6.92 Å². The van der Waals surface area contributed by atoms with E-state index in [0.29, 0.717) is 24.9 Å². The van der Waals surface area contributed by atoms with Crippen LogP contribution < -0.4 is 10.6 Å². The summed E-state index contributed by atoms with van der Waals surface area (Å²) in [6, 6.07) is 5.97. The molecule has 7 heteroatoms. The Hall–Kier alpha value is -1.89. The summed E-state index contributed by atoms with van der Waals surface area (Å²) in [6.07, 6.45) is 1.93. The van der Waals surface area contributed by atoms with Crippen LogP contribution in [0.5, 0.6) is 0 Å². The quantitative estimate of drug-likeness (QED) is 0.812. The van der Waals surface area contributed by atoms with Crippen LogP contribution in [0.3, 0.4) is 0 Å². The lowest BCUT2D eigenvalue weighted by atomic mass is 10.0. The van der Waals surface area contributed by atoms with E-state index >= 15 is 0 Å². The van der Waals surface area contributed by atoms with Crippen molar-refractivity contribution in [2.24, 2.45) is 0 Å². The van der Waals surface area contributed by atoms with Gasteiger partial charge in [0.25, 0.3) is 5.91 Å². The summed E-state index contributed by atoms with van der Waals surface area (Å²) in [4.78, 5) is 38.6. The lowest BCUT2D eigenvalue weighted by Crippen LogP contribution is -2.61. The van der Waals surface area contributed by atoms with E-state index in [1.165, 1.54) is 0 Å². The van der Waals surface area contributed by atoms with Gasteiger partial charge in [-0.2, -0.15) is 0 Å². The fourth-order valence-electron chi connectivity index (χ4n) is 3.32. The van der Waals surface area contributed by atoms with Crippen LogP contribution in [0, 0.1) is 0 Å². The summed E-state index contributed by atoms with van der Waals surface area (Å²) in [5.41, 5.74) is 0.558. The number of hydrogen-bond donors (Lipinski definition) is 2. The molecule has 0 spiro atoms. The molecule has 2 aliphatic heterocycles. The van der Waals surface area contributed by atoms with Gasteiger partial charge in [0.05, 0.1) is 0 Å². The Morgan fingerprint density at radius 2 is 2.04 bits per heavy atom. The molecule has 3 atom stereocenters. The normalized spacial score (nSPS) is 26.1. The van der Waals surface area contributed by atoms with Gasteiger partial charge in [0.1, 0.15) is 12.1 Å². The number of rotatable bonds is 4. The second-order valence-corrected chi connectivity index (χ2v) is 7.18. The van der Waals surface area contributed by atoms with E-state index in [4.69, 9.17) is 0 Å². The SMILES string of the molecule is CCC[C@@H]1NC(=O)[C@@H]2C[C@H](NC(=O)c3ccc(Br)cc3)CN2C1=O. The standard InChI is InChI=1S/C17H20BrN3O3/c1-2-3-13-17(24)21-9-12(8-14(21)16(23)20-13)19-15(22)10-4-6-11(18)7-5-10/h4-7,12-14H,2-3,8-9H2,1H3,(H,19,22)(H,20,23)/t12-,13-,14-/m0/s1. The molecule has 2 aliphatic rings. The number of halogens is 1. The number of hydrogen-bond acceptors (Lipinski definition) is 3. The highest BCUT2D eigenvalue weighted by Crippen LogP contribution is 2.24. The molecule has 6 nitrogen and oxygen atoms in total. The molecule has 3 rings (SSSR count). The van der Waals surface area contributed by atoms with Gasteiger partial charge in [-0.1, -0.05) is 29.3 Å². The van der Waals surface area contributed by atoms with E-state index in [-0.39, 0.29) is 23.8 Å². The predicted octanol–water partition coefficient (Wildman–Crippen LogP) is 1.45. The van der Waals surface area contributed by atoms with Crippen molar-refractivity contribution in [1.82, 2.24) is 15.5 Å². The van der Waals surface area contributed by atoms with Crippen molar-refractivity contribution in [1.29, 1.82) is 0 Å². The lowest BCUT2D eigenvalue weighted by Gasteiger charge is -2.34. The first-order valence-corrected chi connectivity index (χ1v) is 8.96. The van der Waals surface area contributed by atoms with Crippen molar-refractivity contribution >= 4 is 33.7 Å². The van der Waals surface area contributed by atoms with Gasteiger partial charge in [0, 0.05) is 22.6 Å². The maximum absolute atomic E-state index is 12.5. The monoisotopic (exact) mass is 393 g/mol. The number of fused-ring (bicyclic) bond motifs is 1. The summed E-state index contributed by atoms with van der Waals surface area (Å²) >= 11 is 3.34. The summed E-state index contributed by atoms with van der Waals surface area (Å²) in [6.45, 7) is 2.37. The minimum absolute atomic E-state index is 0.0400. The minimum atomic E-state index is -0.471. The van der Waals surface area contributed by atoms with Crippen LogP contribution in [0.2, 0.25) is 0 Å². The number of amides is 3. The molecule has 0 aromatic heterocycles. The largest absolute Gasteiger partial charge is 0.347 e. The van der Waals surface area contributed by atoms with Gasteiger partial charge in [-0.3, -0.25) is 14.4 Å². The molecule has 0 unspecified atom stereocenters. The first-order valence-electron chi connectivity index (χ1n) is 8.17. The smallest absolute Gasteiger partial charge is 0.251 e. The first kappa shape index (κ1) is 17.0. The zero-order valence-electron chi connectivity index (χ0n) is 13.4. The van der Waals surface area contributed by atoms with Crippen LogP contribution in [-0.2, 0) is 9.59 Å². The molecule has 24 heavy (non-hydrogen) atoms. The van der Waals surface area contributed by atoms with E-state index in [2.05, 4.69) is 26.6 Å². The average molecular weight is 394 g/mol. The van der Waals surface area contributed by atoms with E-state index < -0.39 is 12.1 Å². The summed E-state index contributed by atoms with van der Waals surface area (Å²) < 4.78 is 0.904. The minimum Gasteiger partial charge on any atom is -0.347 e. The van der Waals surface area contributed by atoms with Gasteiger partial charge in [-0.15, -0.1) is 0 Å². The second-order valence-electron chi connectivity index (χ2n) is 6.27. The fourth-order valence-corrected chi connectivity index (χ4v) is 3.58. The number of nitrogens with one attached hydrogen (secondary N) is 2. The van der Waals surface area contributed by atoms with Crippen LogP contribution in [0.1, 0.15) is 36.5 Å². The number of nitrogens with zero attached hydrogens (tertiary/aromatic N) is 1. The molecule has 2 N–H and O–H groups in total. The molecule has 2 fully saturated rings. The van der Waals surface area contributed by atoms with Gasteiger partial charge in [0.2, 0.25) is 11.8 Å². The zero-order chi connectivity index (χ0) is 17.3. The molecule has 2 saturated heterocycles. The Morgan fingerprint density at radius 3 is 2.71 bits per heavy atom. The highest BCUT2D eigenvalue weighted by Gasteiger charge is 2.46. The van der Waals surface area contributed by atoms with Crippen LogP contribution in [-0.4, -0.2) is 47.3 Å². The van der Waals surface area contributed by atoms with Crippen LogP contribution in [0.15, 0.2) is 28.7 Å². The molecule has 0 saturated carbocycles. The topological polar surface area (TPSA) is 78.5 Å². The van der Waals surface area contributed by atoms with Gasteiger partial charge in [-0.25, -0.2) is 0 Å². The Kier molecular flexibility index (Phi) is 4.89. The van der Waals surface area contributed by atoms with Crippen molar-refractivity contribution < 1.29 is 14.4 Å². The van der Waals surface area contributed by atoms with Crippen molar-refractivity contribution in [3.8, 4) is 0 Å². The highest BCUT2D eigenvalue weighted by molar-refractivity contribution is 9.10. The lowest BCUT2D eigenvalue weighted by molar-refractivity contribution is -0.147. The molecule has 128 valence electrons. The van der Waals surface area contributed by atoms with Gasteiger partial charge < -0.3 is 15.5 Å². The Balaban J connectivity index is 1.66. The van der Waals surface area contributed by atoms with E-state index in [1.54, 1.807) is 29.2 Å². The summed E-state index contributed by atoms with van der Waals surface area (Å²) in [5, 5.41) is 5.73. The van der Waals surface area contributed by atoms with Crippen LogP contribution >= 0.6 is 15.9 Å². The predicted molar refractivity (Wildman–Crippen MR) is 92.4 cm³/mol. The molecule has 3 amide bonds. The zero-order valence-corrected chi connectivity index (χ0v) is 15.0. The Labute approximate surface area is 149 Å². The average Bonchev–Trinajstić information content (AvgIpc) is 2.98. The van der Waals surface area contributed by atoms with Gasteiger partial charge in [0.15, 0.2) is 0 Å². The molecular formula is C17H20BrN3O3. The van der Waals surface area contributed by atoms with Gasteiger partial charge >= 0.3 is 0 Å². The molecule has 2 heterocycles. The van der Waals surface area contributed by atoms with E-state index in [0.717, 1.165) is 10.9 Å². The maximum Gasteiger partial charge on any atom is 0.251 e. The molecular weight excluding hydrogens is 374 g/mol. The Bertz CT molecular complexity index is 662. The second kappa shape index (κ2) is 6.93. The van der Waals surface area contributed by atoms with Crippen LogP contribution in [0.4, 0.5) is 0 Å². The fraction of sp³-hybridized carbons (Fsp3) is 0.471. The molecule has 1 aromatic carbocycles. The molecule has 0 aliphatic carbocycles. The molecule has 0 radical (unpaired) electrons. The highest BCUT2D eigenvalue weighted by atomic mass is 79.9. The number of piperazine rings is 1. The summed E-state index contributed by atoms with van der Waals surface area (Å²) in [7, 11) is 0. The third-order valence-electron chi connectivity index (χ3n) is 4.52. The molecule has 0 bridgehead atoms. The Morgan fingerprint density at radius 1 is 1.33 bits per heavy atom. The van der Waals surface area contributed by atoms with E-state index in [9.17, 15) is 14.4 Å². The molecule has 1 aromatic rings. The van der Waals surface area contributed by atoms with Crippen molar-refractivity contribution in [3.63, 3.8) is 0 Å². The maximum atomic E-state index is 12.5. The van der Waals surface area contributed by atoms with Gasteiger partial charge in [-0.05, 0) is 37.1 Å². The van der Waals surface area contributed by atoms with Crippen LogP contribution in [0.25, 0.3) is 0 Å². The number of carbonyl (C=O) groups is 3. The van der Waals surface area contributed by atoms with Crippen molar-refractivity contribution in [2.75, 3.05) is 6.54 Å². The third-order valence-corrected chi connectivity index (χ3v) is 5.05.